The van der Waals surface area contributed by atoms with Crippen LogP contribution in [0.15, 0.2) is 53.0 Å². The van der Waals surface area contributed by atoms with Crippen LogP contribution in [0.4, 0.5) is 0 Å². The Kier molecular flexibility index (Phi) is 7.26. The molecule has 1 amide bonds. The molecule has 1 heterocycles. The summed E-state index contributed by atoms with van der Waals surface area (Å²) < 4.78 is 12.0. The Morgan fingerprint density at radius 2 is 1.74 bits per heavy atom. The summed E-state index contributed by atoms with van der Waals surface area (Å²) in [5, 5.41) is 2.93. The van der Waals surface area contributed by atoms with Crippen molar-refractivity contribution in [1.29, 1.82) is 0 Å². The Bertz CT molecular complexity index is 728. The standard InChI is InChI=1S/C21H25BrN2O3/c1-16(27-20-8-6-19(22)7-9-20)21(25)23-14-17-2-4-18(5-3-17)15-24-10-12-26-13-11-24/h2-9,16H,10-15H2,1H3,(H,23,25). The van der Waals surface area contributed by atoms with E-state index in [0.29, 0.717) is 12.3 Å². The molecule has 2 aromatic rings. The molecule has 1 N–H and O–H groups in total. The normalized spacial score (nSPS) is 15.9. The Labute approximate surface area is 168 Å². The fourth-order valence-corrected chi connectivity index (χ4v) is 3.15. The third kappa shape index (κ3) is 6.34. The fraction of sp³-hybridized carbons (Fsp3) is 0.381. The SMILES string of the molecule is CC(Oc1ccc(Br)cc1)C(=O)NCc1ccc(CN2CCOCC2)cc1. The molecular weight excluding hydrogens is 408 g/mol. The maximum atomic E-state index is 12.3. The maximum Gasteiger partial charge on any atom is 0.261 e. The lowest BCUT2D eigenvalue weighted by Gasteiger charge is -2.26. The van der Waals surface area contributed by atoms with E-state index in [-0.39, 0.29) is 5.91 Å². The van der Waals surface area contributed by atoms with E-state index < -0.39 is 6.10 Å². The molecule has 144 valence electrons. The second-order valence-electron chi connectivity index (χ2n) is 6.64. The third-order valence-corrected chi connectivity index (χ3v) is 5.02. The zero-order chi connectivity index (χ0) is 19.1. The van der Waals surface area contributed by atoms with Gasteiger partial charge in [0.15, 0.2) is 6.10 Å². The predicted octanol–water partition coefficient (Wildman–Crippen LogP) is 3.37. The van der Waals surface area contributed by atoms with E-state index in [1.807, 2.05) is 24.3 Å². The van der Waals surface area contributed by atoms with Crippen molar-refractivity contribution >= 4 is 21.8 Å². The molecule has 0 radical (unpaired) electrons. The first kappa shape index (κ1) is 19.9. The summed E-state index contributed by atoms with van der Waals surface area (Å²) in [5.41, 5.74) is 2.35. The van der Waals surface area contributed by atoms with E-state index in [2.05, 4.69) is 50.4 Å². The number of rotatable bonds is 7. The highest BCUT2D eigenvalue weighted by atomic mass is 79.9. The number of halogens is 1. The first-order valence-electron chi connectivity index (χ1n) is 9.18. The van der Waals surface area contributed by atoms with Crippen LogP contribution in [-0.4, -0.2) is 43.2 Å². The van der Waals surface area contributed by atoms with Crippen molar-refractivity contribution in [2.45, 2.75) is 26.1 Å². The van der Waals surface area contributed by atoms with Gasteiger partial charge in [-0.1, -0.05) is 40.2 Å². The molecule has 0 saturated carbocycles. The summed E-state index contributed by atoms with van der Waals surface area (Å²) in [5.74, 6) is 0.545. The van der Waals surface area contributed by atoms with Crippen LogP contribution in [0.3, 0.4) is 0 Å². The quantitative estimate of drug-likeness (QED) is 0.728. The number of ether oxygens (including phenoxy) is 2. The van der Waals surface area contributed by atoms with Crippen molar-refractivity contribution in [3.63, 3.8) is 0 Å². The largest absolute Gasteiger partial charge is 0.481 e. The minimum absolute atomic E-state index is 0.129. The lowest BCUT2D eigenvalue weighted by molar-refractivity contribution is -0.127. The molecule has 1 fully saturated rings. The van der Waals surface area contributed by atoms with Crippen LogP contribution in [-0.2, 0) is 22.6 Å². The van der Waals surface area contributed by atoms with Gasteiger partial charge < -0.3 is 14.8 Å². The van der Waals surface area contributed by atoms with E-state index >= 15 is 0 Å². The highest BCUT2D eigenvalue weighted by Gasteiger charge is 2.14. The number of amides is 1. The minimum atomic E-state index is -0.549. The van der Waals surface area contributed by atoms with Crippen LogP contribution in [0.25, 0.3) is 0 Å². The molecule has 6 heteroatoms. The van der Waals surface area contributed by atoms with Crippen LogP contribution < -0.4 is 10.1 Å². The van der Waals surface area contributed by atoms with Gasteiger partial charge in [-0.25, -0.2) is 0 Å². The van der Waals surface area contributed by atoms with Crippen LogP contribution >= 0.6 is 15.9 Å². The van der Waals surface area contributed by atoms with Gasteiger partial charge >= 0.3 is 0 Å². The predicted molar refractivity (Wildman–Crippen MR) is 109 cm³/mol. The molecule has 0 aliphatic carbocycles. The number of benzene rings is 2. The summed E-state index contributed by atoms with van der Waals surface area (Å²) in [6.07, 6.45) is -0.549. The van der Waals surface area contributed by atoms with E-state index in [0.717, 1.165) is 42.9 Å². The maximum absolute atomic E-state index is 12.3. The van der Waals surface area contributed by atoms with Gasteiger partial charge in [-0.3, -0.25) is 9.69 Å². The zero-order valence-electron chi connectivity index (χ0n) is 15.5. The number of hydrogen-bond acceptors (Lipinski definition) is 4. The lowest BCUT2D eigenvalue weighted by atomic mass is 10.1. The van der Waals surface area contributed by atoms with E-state index in [1.165, 1.54) is 5.56 Å². The molecule has 1 saturated heterocycles. The van der Waals surface area contributed by atoms with Crippen molar-refractivity contribution in [3.05, 3.63) is 64.1 Å². The summed E-state index contributed by atoms with van der Waals surface area (Å²) in [6, 6.07) is 15.8. The lowest BCUT2D eigenvalue weighted by Crippen LogP contribution is -2.36. The van der Waals surface area contributed by atoms with Crippen molar-refractivity contribution in [2.24, 2.45) is 0 Å². The summed E-state index contributed by atoms with van der Waals surface area (Å²) in [7, 11) is 0. The van der Waals surface area contributed by atoms with Gasteiger partial charge in [0.05, 0.1) is 13.2 Å². The number of nitrogens with zero attached hydrogens (tertiary/aromatic N) is 1. The number of nitrogens with one attached hydrogen (secondary N) is 1. The van der Waals surface area contributed by atoms with Gasteiger partial charge in [-0.2, -0.15) is 0 Å². The van der Waals surface area contributed by atoms with Gasteiger partial charge in [0, 0.05) is 30.7 Å². The Morgan fingerprint density at radius 1 is 1.11 bits per heavy atom. The minimum Gasteiger partial charge on any atom is -0.481 e. The van der Waals surface area contributed by atoms with Crippen LogP contribution in [0.1, 0.15) is 18.1 Å². The van der Waals surface area contributed by atoms with Crippen molar-refractivity contribution in [2.75, 3.05) is 26.3 Å². The second-order valence-corrected chi connectivity index (χ2v) is 7.55. The summed E-state index contributed by atoms with van der Waals surface area (Å²) >= 11 is 3.38. The van der Waals surface area contributed by atoms with Crippen molar-refractivity contribution in [1.82, 2.24) is 10.2 Å². The number of hydrogen-bond donors (Lipinski definition) is 1. The Balaban J connectivity index is 1.44. The number of carbonyl (C=O) groups is 1. The molecule has 1 aliphatic rings. The van der Waals surface area contributed by atoms with E-state index in [1.54, 1.807) is 6.92 Å². The molecule has 3 rings (SSSR count). The van der Waals surface area contributed by atoms with E-state index in [4.69, 9.17) is 9.47 Å². The number of carbonyl (C=O) groups excluding carboxylic acids is 1. The highest BCUT2D eigenvalue weighted by Crippen LogP contribution is 2.17. The first-order valence-corrected chi connectivity index (χ1v) is 9.97. The number of morpholine rings is 1. The van der Waals surface area contributed by atoms with Crippen molar-refractivity contribution < 1.29 is 14.3 Å². The zero-order valence-corrected chi connectivity index (χ0v) is 17.1. The van der Waals surface area contributed by atoms with E-state index in [9.17, 15) is 4.79 Å². The molecule has 0 bridgehead atoms. The molecule has 1 unspecified atom stereocenters. The second kappa shape index (κ2) is 9.88. The third-order valence-electron chi connectivity index (χ3n) is 4.50. The molecule has 0 aromatic heterocycles. The summed E-state index contributed by atoms with van der Waals surface area (Å²) in [4.78, 5) is 14.6. The first-order chi connectivity index (χ1) is 13.1. The molecular formula is C21H25BrN2O3. The van der Waals surface area contributed by atoms with Crippen LogP contribution in [0.2, 0.25) is 0 Å². The van der Waals surface area contributed by atoms with Gasteiger partial charge in [0.1, 0.15) is 5.75 Å². The fourth-order valence-electron chi connectivity index (χ4n) is 2.88. The molecule has 27 heavy (non-hydrogen) atoms. The average Bonchev–Trinajstić information content (AvgIpc) is 2.69. The van der Waals surface area contributed by atoms with Crippen LogP contribution in [0.5, 0.6) is 5.75 Å². The molecule has 2 aromatic carbocycles. The highest BCUT2D eigenvalue weighted by molar-refractivity contribution is 9.10. The van der Waals surface area contributed by atoms with Gasteiger partial charge in [0.2, 0.25) is 0 Å². The molecule has 0 spiro atoms. The average molecular weight is 433 g/mol. The van der Waals surface area contributed by atoms with Gasteiger partial charge in [-0.05, 0) is 42.3 Å². The Morgan fingerprint density at radius 3 is 2.41 bits per heavy atom. The monoisotopic (exact) mass is 432 g/mol. The van der Waals surface area contributed by atoms with Gasteiger partial charge in [0.25, 0.3) is 5.91 Å². The molecule has 1 atom stereocenters. The van der Waals surface area contributed by atoms with Crippen molar-refractivity contribution in [3.8, 4) is 5.75 Å². The Hall–Kier alpha value is -1.89. The molecule has 1 aliphatic heterocycles. The molecule has 5 nitrogen and oxygen atoms in total. The summed E-state index contributed by atoms with van der Waals surface area (Å²) in [6.45, 7) is 6.76. The van der Waals surface area contributed by atoms with Crippen LogP contribution in [0, 0.1) is 0 Å². The van der Waals surface area contributed by atoms with Gasteiger partial charge in [-0.15, -0.1) is 0 Å². The topological polar surface area (TPSA) is 50.8 Å². The smallest absolute Gasteiger partial charge is 0.261 e.